The molecule has 0 radical (unpaired) electrons. The minimum Gasteiger partial charge on any atom is -0.469 e. The lowest BCUT2D eigenvalue weighted by molar-refractivity contribution is -0.0806. The van der Waals surface area contributed by atoms with E-state index in [4.69, 9.17) is 9.47 Å². The van der Waals surface area contributed by atoms with E-state index in [1.807, 2.05) is 6.92 Å². The van der Waals surface area contributed by atoms with Crippen LogP contribution in [0.4, 0.5) is 5.95 Å². The highest BCUT2D eigenvalue weighted by Gasteiger charge is 2.23. The molecule has 3 rings (SSSR count). The molecule has 0 bridgehead atoms. The summed E-state index contributed by atoms with van der Waals surface area (Å²) in [7, 11) is 0. The zero-order valence-corrected chi connectivity index (χ0v) is 11.2. The molecule has 5 nitrogen and oxygen atoms in total. The van der Waals surface area contributed by atoms with Crippen molar-refractivity contribution < 1.29 is 9.47 Å². The van der Waals surface area contributed by atoms with Crippen molar-refractivity contribution in [1.29, 1.82) is 0 Å². The Hall–Kier alpha value is -1.40. The van der Waals surface area contributed by atoms with Gasteiger partial charge < -0.3 is 14.8 Å². The molecule has 0 aliphatic carbocycles. The Morgan fingerprint density at radius 3 is 3.00 bits per heavy atom. The molecule has 1 fully saturated rings. The van der Waals surface area contributed by atoms with E-state index >= 15 is 0 Å². The highest BCUT2D eigenvalue weighted by molar-refractivity contribution is 7.18. The summed E-state index contributed by atoms with van der Waals surface area (Å²) in [5.41, 5.74) is 0. The molecule has 0 atom stereocenters. The minimum atomic E-state index is 0.123. The van der Waals surface area contributed by atoms with Crippen molar-refractivity contribution in [3.8, 4) is 5.88 Å². The molecular formula is C12H15N3O2S. The second kappa shape index (κ2) is 4.70. The summed E-state index contributed by atoms with van der Waals surface area (Å²) in [4.78, 5) is 11.1. The smallest absolute Gasteiger partial charge is 0.227 e. The van der Waals surface area contributed by atoms with Gasteiger partial charge in [-0.25, -0.2) is 4.98 Å². The Labute approximate surface area is 109 Å². The van der Waals surface area contributed by atoms with Crippen molar-refractivity contribution in [1.82, 2.24) is 9.97 Å². The van der Waals surface area contributed by atoms with Gasteiger partial charge in [0, 0.05) is 11.4 Å². The lowest BCUT2D eigenvalue weighted by atomic mass is 10.3. The fourth-order valence-electron chi connectivity index (χ4n) is 1.78. The first-order valence-electron chi connectivity index (χ1n) is 6.02. The van der Waals surface area contributed by atoms with E-state index < -0.39 is 0 Å². The molecule has 1 N–H and O–H groups in total. The van der Waals surface area contributed by atoms with Crippen molar-refractivity contribution in [2.75, 3.05) is 25.1 Å². The molecule has 2 aromatic rings. The highest BCUT2D eigenvalue weighted by Crippen LogP contribution is 2.32. The lowest BCUT2D eigenvalue weighted by Crippen LogP contribution is -2.38. The largest absolute Gasteiger partial charge is 0.469 e. The van der Waals surface area contributed by atoms with E-state index in [0.717, 1.165) is 16.8 Å². The van der Waals surface area contributed by atoms with Crippen LogP contribution in [0.5, 0.6) is 5.88 Å². The standard InChI is InChI=1S/C12H15N3O2S/c1-3-13-12-14-10(17-8-5-16-6-8)9-4-7(2)18-11(9)15-12/h4,8H,3,5-6H2,1-2H3,(H,13,14,15). The van der Waals surface area contributed by atoms with Gasteiger partial charge in [0.1, 0.15) is 10.9 Å². The first kappa shape index (κ1) is 11.7. The fraction of sp³-hybridized carbons (Fsp3) is 0.500. The molecule has 0 amide bonds. The van der Waals surface area contributed by atoms with Crippen LogP contribution >= 0.6 is 11.3 Å². The number of aryl methyl sites for hydroxylation is 1. The van der Waals surface area contributed by atoms with Crippen molar-refractivity contribution in [3.05, 3.63) is 10.9 Å². The first-order chi connectivity index (χ1) is 8.76. The molecule has 18 heavy (non-hydrogen) atoms. The zero-order valence-electron chi connectivity index (χ0n) is 10.4. The highest BCUT2D eigenvalue weighted by atomic mass is 32.1. The van der Waals surface area contributed by atoms with Gasteiger partial charge in [-0.1, -0.05) is 0 Å². The van der Waals surface area contributed by atoms with Crippen LogP contribution in [0.3, 0.4) is 0 Å². The van der Waals surface area contributed by atoms with Crippen LogP contribution in [-0.4, -0.2) is 35.8 Å². The van der Waals surface area contributed by atoms with Gasteiger partial charge in [-0.15, -0.1) is 11.3 Å². The minimum absolute atomic E-state index is 0.123. The Bertz CT molecular complexity index is 566. The van der Waals surface area contributed by atoms with E-state index in [-0.39, 0.29) is 6.10 Å². The Morgan fingerprint density at radius 1 is 1.50 bits per heavy atom. The number of thiophene rings is 1. The van der Waals surface area contributed by atoms with Gasteiger partial charge in [0.05, 0.1) is 18.6 Å². The molecule has 6 heteroatoms. The number of rotatable bonds is 4. The van der Waals surface area contributed by atoms with Crippen LogP contribution in [0.2, 0.25) is 0 Å². The van der Waals surface area contributed by atoms with Crippen LogP contribution in [0.1, 0.15) is 11.8 Å². The van der Waals surface area contributed by atoms with Gasteiger partial charge in [0.2, 0.25) is 11.8 Å². The third-order valence-corrected chi connectivity index (χ3v) is 3.65. The molecule has 96 valence electrons. The number of nitrogens with one attached hydrogen (secondary N) is 1. The number of fused-ring (bicyclic) bond motifs is 1. The van der Waals surface area contributed by atoms with Crippen LogP contribution in [0.25, 0.3) is 10.2 Å². The van der Waals surface area contributed by atoms with Crippen LogP contribution < -0.4 is 10.1 Å². The third kappa shape index (κ3) is 2.13. The summed E-state index contributed by atoms with van der Waals surface area (Å²) < 4.78 is 11.0. The summed E-state index contributed by atoms with van der Waals surface area (Å²) in [6, 6.07) is 2.07. The third-order valence-electron chi connectivity index (χ3n) is 2.70. The summed E-state index contributed by atoms with van der Waals surface area (Å²) in [6.45, 7) is 6.17. The molecule has 3 heterocycles. The van der Waals surface area contributed by atoms with Crippen LogP contribution in [0, 0.1) is 6.92 Å². The van der Waals surface area contributed by atoms with E-state index in [1.54, 1.807) is 11.3 Å². The normalized spacial score (nSPS) is 15.7. The maximum absolute atomic E-state index is 5.85. The molecule has 1 aliphatic rings. The van der Waals surface area contributed by atoms with Gasteiger partial charge in [-0.3, -0.25) is 0 Å². The average molecular weight is 265 g/mol. The molecule has 0 saturated carbocycles. The van der Waals surface area contributed by atoms with Crippen LogP contribution in [-0.2, 0) is 4.74 Å². The zero-order chi connectivity index (χ0) is 12.5. The van der Waals surface area contributed by atoms with Gasteiger partial charge in [-0.05, 0) is 19.9 Å². The molecule has 0 spiro atoms. The molecular weight excluding hydrogens is 250 g/mol. The van der Waals surface area contributed by atoms with E-state index in [2.05, 4.69) is 28.3 Å². The van der Waals surface area contributed by atoms with Gasteiger partial charge in [-0.2, -0.15) is 4.98 Å². The second-order valence-corrected chi connectivity index (χ2v) is 5.47. The summed E-state index contributed by atoms with van der Waals surface area (Å²) in [6.07, 6.45) is 0.123. The topological polar surface area (TPSA) is 56.3 Å². The van der Waals surface area contributed by atoms with Crippen molar-refractivity contribution in [2.45, 2.75) is 20.0 Å². The fourth-order valence-corrected chi connectivity index (χ4v) is 2.65. The van der Waals surface area contributed by atoms with Gasteiger partial charge >= 0.3 is 0 Å². The quantitative estimate of drug-likeness (QED) is 0.918. The molecule has 1 saturated heterocycles. The average Bonchev–Trinajstić information content (AvgIpc) is 2.64. The molecule has 0 unspecified atom stereocenters. The number of hydrogen-bond donors (Lipinski definition) is 1. The Morgan fingerprint density at radius 2 is 2.33 bits per heavy atom. The number of aromatic nitrogens is 2. The molecule has 0 aromatic carbocycles. The summed E-state index contributed by atoms with van der Waals surface area (Å²) in [5.74, 6) is 1.29. The van der Waals surface area contributed by atoms with E-state index in [9.17, 15) is 0 Å². The summed E-state index contributed by atoms with van der Waals surface area (Å²) in [5, 5.41) is 4.12. The monoisotopic (exact) mass is 265 g/mol. The van der Waals surface area contributed by atoms with Crippen molar-refractivity contribution in [3.63, 3.8) is 0 Å². The number of hydrogen-bond acceptors (Lipinski definition) is 6. The van der Waals surface area contributed by atoms with Crippen molar-refractivity contribution in [2.24, 2.45) is 0 Å². The predicted octanol–water partition coefficient (Wildman–Crippen LogP) is 2.21. The number of anilines is 1. The molecule has 2 aromatic heterocycles. The number of ether oxygens (including phenoxy) is 2. The lowest BCUT2D eigenvalue weighted by Gasteiger charge is -2.26. The SMILES string of the molecule is CCNc1nc(OC2COC2)c2cc(C)sc2n1. The Kier molecular flexibility index (Phi) is 3.05. The first-order valence-corrected chi connectivity index (χ1v) is 6.84. The number of nitrogens with zero attached hydrogens (tertiary/aromatic N) is 2. The van der Waals surface area contributed by atoms with Gasteiger partial charge in [0.25, 0.3) is 0 Å². The predicted molar refractivity (Wildman–Crippen MR) is 71.6 cm³/mol. The maximum atomic E-state index is 5.85. The van der Waals surface area contributed by atoms with E-state index in [1.165, 1.54) is 4.88 Å². The van der Waals surface area contributed by atoms with Crippen LogP contribution in [0.15, 0.2) is 6.07 Å². The van der Waals surface area contributed by atoms with E-state index in [0.29, 0.717) is 25.0 Å². The second-order valence-electron chi connectivity index (χ2n) is 4.24. The Balaban J connectivity index is 2.01. The summed E-state index contributed by atoms with van der Waals surface area (Å²) >= 11 is 1.66. The van der Waals surface area contributed by atoms with Crippen molar-refractivity contribution >= 4 is 27.5 Å². The molecule has 1 aliphatic heterocycles. The van der Waals surface area contributed by atoms with Gasteiger partial charge in [0.15, 0.2) is 0 Å². The maximum Gasteiger partial charge on any atom is 0.227 e.